The molecule has 0 spiro atoms. The van der Waals surface area contributed by atoms with Gasteiger partial charge in [0.05, 0.1) is 16.7 Å². The number of nitrogens with one attached hydrogen (secondary N) is 3. The van der Waals surface area contributed by atoms with E-state index in [-0.39, 0.29) is 17.4 Å². The van der Waals surface area contributed by atoms with E-state index in [9.17, 15) is 4.79 Å². The van der Waals surface area contributed by atoms with E-state index in [0.29, 0.717) is 33.5 Å². The van der Waals surface area contributed by atoms with Crippen LogP contribution in [0.2, 0.25) is 0 Å². The summed E-state index contributed by atoms with van der Waals surface area (Å²) < 4.78 is 0. The summed E-state index contributed by atoms with van der Waals surface area (Å²) in [6.45, 7) is 0. The molecule has 2 aromatic heterocycles. The molecule has 0 radical (unpaired) electrons. The normalized spacial score (nSPS) is 10.7. The number of pyridine rings is 1. The second-order valence-corrected chi connectivity index (χ2v) is 5.97. The smallest absolute Gasteiger partial charge is 0.291 e. The van der Waals surface area contributed by atoms with Crippen molar-refractivity contribution in [1.82, 2.24) is 15.0 Å². The molecule has 7 heteroatoms. The van der Waals surface area contributed by atoms with E-state index in [4.69, 9.17) is 11.1 Å². The third-order valence-electron chi connectivity index (χ3n) is 4.14. The van der Waals surface area contributed by atoms with Gasteiger partial charge in [0.15, 0.2) is 5.82 Å². The molecule has 0 aliphatic carbocycles. The van der Waals surface area contributed by atoms with Crippen molar-refractivity contribution in [2.45, 2.75) is 0 Å². The van der Waals surface area contributed by atoms with Gasteiger partial charge in [-0.1, -0.05) is 18.2 Å². The Kier molecular flexibility index (Phi) is 4.10. The number of nitrogen functional groups attached to an aromatic ring is 1. The highest BCUT2D eigenvalue weighted by atomic mass is 16.2. The molecule has 0 aliphatic heterocycles. The maximum absolute atomic E-state index is 12.4. The van der Waals surface area contributed by atoms with Crippen LogP contribution in [0.15, 0.2) is 67.0 Å². The van der Waals surface area contributed by atoms with Gasteiger partial charge in [-0.25, -0.2) is 4.98 Å². The number of anilines is 2. The van der Waals surface area contributed by atoms with Gasteiger partial charge in [0, 0.05) is 34.9 Å². The van der Waals surface area contributed by atoms with Gasteiger partial charge in [-0.15, -0.1) is 0 Å². The van der Waals surface area contributed by atoms with E-state index in [1.807, 2.05) is 18.2 Å². The van der Waals surface area contributed by atoms with E-state index in [0.717, 1.165) is 0 Å². The van der Waals surface area contributed by atoms with Crippen LogP contribution in [0, 0.1) is 5.41 Å². The zero-order chi connectivity index (χ0) is 18.8. The minimum atomic E-state index is -0.346. The van der Waals surface area contributed by atoms with Crippen LogP contribution in [0.4, 0.5) is 11.4 Å². The number of benzene rings is 2. The zero-order valence-corrected chi connectivity index (χ0v) is 14.2. The van der Waals surface area contributed by atoms with Gasteiger partial charge in [0.2, 0.25) is 0 Å². The molecule has 132 valence electrons. The van der Waals surface area contributed by atoms with Crippen molar-refractivity contribution >= 4 is 34.0 Å². The number of H-pyrrole nitrogens is 1. The SMILES string of the molecule is N=C(c1ccncc1)c1cc2nc(C(=O)Nc3ccccc3)[nH]c2cc1N. The lowest BCUT2D eigenvalue weighted by Crippen LogP contribution is -2.13. The molecule has 27 heavy (non-hydrogen) atoms. The first-order chi connectivity index (χ1) is 13.1. The zero-order valence-electron chi connectivity index (χ0n) is 14.2. The first-order valence-electron chi connectivity index (χ1n) is 8.27. The van der Waals surface area contributed by atoms with Crippen molar-refractivity contribution in [3.8, 4) is 0 Å². The number of fused-ring (bicyclic) bond motifs is 1. The molecule has 0 unspecified atom stereocenters. The Bertz CT molecular complexity index is 1140. The largest absolute Gasteiger partial charge is 0.398 e. The van der Waals surface area contributed by atoms with Crippen LogP contribution in [-0.4, -0.2) is 26.6 Å². The molecule has 4 rings (SSSR count). The molecule has 0 fully saturated rings. The monoisotopic (exact) mass is 356 g/mol. The lowest BCUT2D eigenvalue weighted by Gasteiger charge is -2.07. The van der Waals surface area contributed by atoms with Crippen LogP contribution in [0.3, 0.4) is 0 Å². The summed E-state index contributed by atoms with van der Waals surface area (Å²) in [5.74, 6) is -0.164. The number of nitrogens with zero attached hydrogens (tertiary/aromatic N) is 2. The molecule has 0 aliphatic rings. The first-order valence-corrected chi connectivity index (χ1v) is 8.27. The molecule has 2 aromatic carbocycles. The molecule has 2 heterocycles. The van der Waals surface area contributed by atoms with Gasteiger partial charge >= 0.3 is 0 Å². The van der Waals surface area contributed by atoms with Crippen molar-refractivity contribution in [3.63, 3.8) is 0 Å². The van der Waals surface area contributed by atoms with Gasteiger partial charge in [0.1, 0.15) is 0 Å². The molecular weight excluding hydrogens is 340 g/mol. The quantitative estimate of drug-likeness (QED) is 0.331. The molecule has 7 nitrogen and oxygen atoms in total. The Morgan fingerprint density at radius 2 is 1.81 bits per heavy atom. The maximum Gasteiger partial charge on any atom is 0.291 e. The number of nitrogens with two attached hydrogens (primary N) is 1. The highest BCUT2D eigenvalue weighted by molar-refractivity contribution is 6.15. The summed E-state index contributed by atoms with van der Waals surface area (Å²) in [7, 11) is 0. The second-order valence-electron chi connectivity index (χ2n) is 5.97. The van der Waals surface area contributed by atoms with Crippen molar-refractivity contribution < 1.29 is 4.79 Å². The van der Waals surface area contributed by atoms with Crippen molar-refractivity contribution in [1.29, 1.82) is 5.41 Å². The molecule has 0 bridgehead atoms. The van der Waals surface area contributed by atoms with Crippen LogP contribution in [-0.2, 0) is 0 Å². The highest BCUT2D eigenvalue weighted by Crippen LogP contribution is 2.23. The van der Waals surface area contributed by atoms with Crippen LogP contribution >= 0.6 is 0 Å². The van der Waals surface area contributed by atoms with Gasteiger partial charge in [-0.05, 0) is 36.4 Å². The number of carbonyl (C=O) groups excluding carboxylic acids is 1. The summed E-state index contributed by atoms with van der Waals surface area (Å²) in [6, 6.07) is 16.0. The number of amides is 1. The Hall–Kier alpha value is -4.00. The van der Waals surface area contributed by atoms with Crippen LogP contribution in [0.25, 0.3) is 11.0 Å². The summed E-state index contributed by atoms with van der Waals surface area (Å²) in [4.78, 5) is 23.7. The van der Waals surface area contributed by atoms with Crippen LogP contribution < -0.4 is 11.1 Å². The number of hydrogen-bond donors (Lipinski definition) is 4. The Labute approximate surface area is 154 Å². The Balaban J connectivity index is 1.67. The van der Waals surface area contributed by atoms with E-state index in [1.54, 1.807) is 48.8 Å². The fourth-order valence-corrected chi connectivity index (χ4v) is 2.78. The average Bonchev–Trinajstić information content (AvgIpc) is 3.11. The number of para-hydroxylation sites is 1. The summed E-state index contributed by atoms with van der Waals surface area (Å²) in [5.41, 5.74) is 9.97. The topological polar surface area (TPSA) is 121 Å². The van der Waals surface area contributed by atoms with Crippen LogP contribution in [0.1, 0.15) is 21.7 Å². The number of imidazole rings is 1. The van der Waals surface area contributed by atoms with Crippen molar-refractivity contribution in [2.24, 2.45) is 0 Å². The molecule has 5 N–H and O–H groups in total. The van der Waals surface area contributed by atoms with E-state index < -0.39 is 0 Å². The number of rotatable bonds is 4. The summed E-state index contributed by atoms with van der Waals surface area (Å²) in [5, 5.41) is 11.2. The fourth-order valence-electron chi connectivity index (χ4n) is 2.78. The molecule has 1 amide bonds. The predicted molar refractivity (Wildman–Crippen MR) is 105 cm³/mol. The van der Waals surface area contributed by atoms with Gasteiger partial charge in [-0.3, -0.25) is 15.2 Å². The number of carbonyl (C=O) groups is 1. The Morgan fingerprint density at radius 1 is 1.07 bits per heavy atom. The Morgan fingerprint density at radius 3 is 2.56 bits per heavy atom. The lowest BCUT2D eigenvalue weighted by molar-refractivity contribution is 0.101. The number of aromatic amines is 1. The lowest BCUT2D eigenvalue weighted by atomic mass is 10.0. The molecule has 0 atom stereocenters. The maximum atomic E-state index is 12.4. The van der Waals surface area contributed by atoms with Crippen LogP contribution in [0.5, 0.6) is 0 Å². The summed E-state index contributed by atoms with van der Waals surface area (Å²) >= 11 is 0. The molecule has 0 saturated heterocycles. The first kappa shape index (κ1) is 16.5. The van der Waals surface area contributed by atoms with E-state index in [1.165, 1.54) is 0 Å². The molecule has 4 aromatic rings. The predicted octanol–water partition coefficient (Wildman–Crippen LogP) is 3.21. The number of aromatic nitrogens is 3. The minimum Gasteiger partial charge on any atom is -0.398 e. The average molecular weight is 356 g/mol. The van der Waals surface area contributed by atoms with Crippen molar-refractivity contribution in [3.05, 3.63) is 83.9 Å². The third-order valence-corrected chi connectivity index (χ3v) is 4.14. The van der Waals surface area contributed by atoms with E-state index >= 15 is 0 Å². The minimum absolute atomic E-state index is 0.181. The second kappa shape index (κ2) is 6.72. The van der Waals surface area contributed by atoms with Gasteiger partial charge < -0.3 is 16.0 Å². The summed E-state index contributed by atoms with van der Waals surface area (Å²) in [6.07, 6.45) is 3.25. The molecule has 0 saturated carbocycles. The molecular formula is C20H16N6O. The van der Waals surface area contributed by atoms with Gasteiger partial charge in [0.25, 0.3) is 5.91 Å². The van der Waals surface area contributed by atoms with E-state index in [2.05, 4.69) is 20.3 Å². The number of hydrogen-bond acceptors (Lipinski definition) is 5. The van der Waals surface area contributed by atoms with Gasteiger partial charge in [-0.2, -0.15) is 0 Å². The van der Waals surface area contributed by atoms with Crippen molar-refractivity contribution in [2.75, 3.05) is 11.1 Å². The fraction of sp³-hybridized carbons (Fsp3) is 0. The highest BCUT2D eigenvalue weighted by Gasteiger charge is 2.15. The third kappa shape index (κ3) is 3.25. The standard InChI is InChI=1S/C20H16N6O/c21-15-11-17-16(10-14(15)18(22)12-6-8-23-9-7-12)25-19(26-17)20(27)24-13-4-2-1-3-5-13/h1-11,22H,21H2,(H,24,27)(H,25,26).